The third-order valence-electron chi connectivity index (χ3n) is 3.43. The van der Waals surface area contributed by atoms with E-state index in [2.05, 4.69) is 26.5 Å². The molecule has 1 atom stereocenters. The van der Waals surface area contributed by atoms with Gasteiger partial charge >= 0.3 is 5.97 Å². The second-order valence-corrected chi connectivity index (χ2v) is 5.53. The maximum absolute atomic E-state index is 12.1. The van der Waals surface area contributed by atoms with Crippen LogP contribution in [0.2, 0.25) is 0 Å². The molecule has 0 bridgehead atoms. The maximum atomic E-state index is 12.1. The first kappa shape index (κ1) is 16.1. The van der Waals surface area contributed by atoms with E-state index in [0.29, 0.717) is 18.1 Å². The molecular weight excluding hydrogens is 256 g/mol. The fourth-order valence-corrected chi connectivity index (χ4v) is 2.20. The van der Waals surface area contributed by atoms with Crippen molar-refractivity contribution in [3.63, 3.8) is 0 Å². The van der Waals surface area contributed by atoms with Crippen LogP contribution < -0.4 is 0 Å². The first-order chi connectivity index (χ1) is 9.08. The highest BCUT2D eigenvalue weighted by atomic mass is 32.1. The lowest BCUT2D eigenvalue weighted by Gasteiger charge is -2.15. The molecule has 0 N–H and O–H groups in total. The van der Waals surface area contributed by atoms with E-state index in [0.717, 1.165) is 23.3 Å². The second kappa shape index (κ2) is 8.26. The van der Waals surface area contributed by atoms with Crippen molar-refractivity contribution < 1.29 is 9.53 Å². The maximum Gasteiger partial charge on any atom is 0.338 e. The van der Waals surface area contributed by atoms with E-state index in [-0.39, 0.29) is 5.97 Å². The number of hydrogen-bond donors (Lipinski definition) is 1. The molecule has 3 heteroatoms. The normalized spacial score (nSPS) is 12.2. The van der Waals surface area contributed by atoms with Gasteiger partial charge in [-0.25, -0.2) is 4.79 Å². The number of ether oxygens (including phenoxy) is 1. The summed E-state index contributed by atoms with van der Waals surface area (Å²) in [6.07, 6.45) is 4.57. The highest BCUT2D eigenvalue weighted by Crippen LogP contribution is 2.17. The van der Waals surface area contributed by atoms with Crippen LogP contribution in [-0.4, -0.2) is 12.6 Å². The van der Waals surface area contributed by atoms with E-state index in [1.54, 1.807) is 6.07 Å². The van der Waals surface area contributed by atoms with Gasteiger partial charge in [0.05, 0.1) is 12.2 Å². The van der Waals surface area contributed by atoms with E-state index < -0.39 is 0 Å². The Morgan fingerprint density at radius 2 is 2.11 bits per heavy atom. The number of carbonyl (C=O) groups excluding carboxylic acids is 1. The van der Waals surface area contributed by atoms with Crippen LogP contribution in [0.25, 0.3) is 0 Å². The summed E-state index contributed by atoms with van der Waals surface area (Å²) in [6.45, 7) is 6.76. The van der Waals surface area contributed by atoms with Crippen molar-refractivity contribution in [2.24, 2.45) is 5.92 Å². The number of esters is 1. The fraction of sp³-hybridized carbons (Fsp3) is 0.562. The molecule has 106 valence electrons. The van der Waals surface area contributed by atoms with Crippen LogP contribution in [-0.2, 0) is 4.74 Å². The van der Waals surface area contributed by atoms with Crippen molar-refractivity contribution in [1.82, 2.24) is 0 Å². The lowest BCUT2D eigenvalue weighted by atomic mass is 10.0. The summed E-state index contributed by atoms with van der Waals surface area (Å²) in [6, 6.07) is 5.55. The Morgan fingerprint density at radius 1 is 1.37 bits per heavy atom. The average molecular weight is 280 g/mol. The quantitative estimate of drug-likeness (QED) is 0.581. The van der Waals surface area contributed by atoms with Crippen LogP contribution in [0.15, 0.2) is 23.1 Å². The van der Waals surface area contributed by atoms with E-state index >= 15 is 0 Å². The van der Waals surface area contributed by atoms with Gasteiger partial charge in [0.15, 0.2) is 0 Å². The van der Waals surface area contributed by atoms with E-state index in [4.69, 9.17) is 4.74 Å². The molecule has 0 aliphatic rings. The molecule has 0 amide bonds. The lowest BCUT2D eigenvalue weighted by Crippen LogP contribution is -2.14. The number of thiol groups is 1. The number of aryl methyl sites for hydroxylation is 1. The zero-order valence-corrected chi connectivity index (χ0v) is 13.0. The molecule has 0 aliphatic heterocycles. The van der Waals surface area contributed by atoms with E-state index in [1.165, 1.54) is 12.8 Å². The summed E-state index contributed by atoms with van der Waals surface area (Å²) in [5.41, 5.74) is 1.56. The molecule has 0 aliphatic carbocycles. The number of benzene rings is 1. The lowest BCUT2D eigenvalue weighted by molar-refractivity contribution is 0.0427. The topological polar surface area (TPSA) is 26.3 Å². The smallest absolute Gasteiger partial charge is 0.338 e. The molecule has 2 nitrogen and oxygen atoms in total. The van der Waals surface area contributed by atoms with Gasteiger partial charge in [-0.3, -0.25) is 0 Å². The molecule has 1 aromatic carbocycles. The Morgan fingerprint density at radius 3 is 2.74 bits per heavy atom. The minimum Gasteiger partial charge on any atom is -0.462 e. The van der Waals surface area contributed by atoms with Crippen LogP contribution in [0, 0.1) is 12.8 Å². The zero-order valence-electron chi connectivity index (χ0n) is 12.1. The molecule has 0 fully saturated rings. The Hall–Kier alpha value is -0.960. The van der Waals surface area contributed by atoms with Gasteiger partial charge in [0.25, 0.3) is 0 Å². The predicted molar refractivity (Wildman–Crippen MR) is 82.0 cm³/mol. The summed E-state index contributed by atoms with van der Waals surface area (Å²) in [5, 5.41) is 0. The van der Waals surface area contributed by atoms with Gasteiger partial charge in [0.1, 0.15) is 0 Å². The molecular formula is C16H24O2S. The molecule has 19 heavy (non-hydrogen) atoms. The van der Waals surface area contributed by atoms with Crippen molar-refractivity contribution in [3.05, 3.63) is 29.3 Å². The minimum atomic E-state index is -0.233. The summed E-state index contributed by atoms with van der Waals surface area (Å²) < 4.78 is 5.44. The van der Waals surface area contributed by atoms with Gasteiger partial charge in [-0.05, 0) is 37.0 Å². The molecule has 0 heterocycles. The first-order valence-corrected chi connectivity index (χ1v) is 7.49. The van der Waals surface area contributed by atoms with Crippen molar-refractivity contribution in [3.8, 4) is 0 Å². The second-order valence-electron chi connectivity index (χ2n) is 5.01. The molecule has 1 rings (SSSR count). The molecule has 1 unspecified atom stereocenters. The average Bonchev–Trinajstić information content (AvgIpc) is 2.41. The summed E-state index contributed by atoms with van der Waals surface area (Å²) in [4.78, 5) is 12.8. The number of hydrogen-bond acceptors (Lipinski definition) is 3. The molecule has 0 spiro atoms. The summed E-state index contributed by atoms with van der Waals surface area (Å²) in [5.74, 6) is 0.242. The Balaban J connectivity index is 2.56. The van der Waals surface area contributed by atoms with Gasteiger partial charge in [0.2, 0.25) is 0 Å². The Kier molecular flexibility index (Phi) is 7.00. The number of carbonyl (C=O) groups is 1. The van der Waals surface area contributed by atoms with Gasteiger partial charge in [0, 0.05) is 4.90 Å². The fourth-order valence-electron chi connectivity index (χ4n) is 2.00. The number of rotatable bonds is 7. The third kappa shape index (κ3) is 5.27. The number of unbranched alkanes of at least 4 members (excludes halogenated alkanes) is 1. The third-order valence-corrected chi connectivity index (χ3v) is 3.71. The van der Waals surface area contributed by atoms with Crippen molar-refractivity contribution in [2.75, 3.05) is 6.61 Å². The summed E-state index contributed by atoms with van der Waals surface area (Å²) in [7, 11) is 0. The standard InChI is InChI=1S/C16H24O2S/c1-4-6-7-13(5-2)11-18-16(17)15-10-14(19)9-8-12(15)3/h8-10,13,19H,4-7,11H2,1-3H3. The molecule has 0 aromatic heterocycles. The predicted octanol–water partition coefficient (Wildman–Crippen LogP) is 4.66. The van der Waals surface area contributed by atoms with Gasteiger partial charge in [-0.15, -0.1) is 12.6 Å². The van der Waals surface area contributed by atoms with Gasteiger partial charge < -0.3 is 4.74 Å². The van der Waals surface area contributed by atoms with Crippen molar-refractivity contribution >= 4 is 18.6 Å². The minimum absolute atomic E-state index is 0.233. The zero-order chi connectivity index (χ0) is 14.3. The van der Waals surface area contributed by atoms with Crippen LogP contribution in [0.4, 0.5) is 0 Å². The van der Waals surface area contributed by atoms with Crippen molar-refractivity contribution in [1.29, 1.82) is 0 Å². The first-order valence-electron chi connectivity index (χ1n) is 7.05. The van der Waals surface area contributed by atoms with Crippen LogP contribution in [0.3, 0.4) is 0 Å². The highest BCUT2D eigenvalue weighted by Gasteiger charge is 2.14. The van der Waals surface area contributed by atoms with Gasteiger partial charge in [-0.2, -0.15) is 0 Å². The largest absolute Gasteiger partial charge is 0.462 e. The molecule has 0 saturated carbocycles. The SMILES string of the molecule is CCCCC(CC)COC(=O)c1cc(S)ccc1C. The van der Waals surface area contributed by atoms with Crippen molar-refractivity contribution in [2.45, 2.75) is 51.3 Å². The van der Waals surface area contributed by atoms with Crippen LogP contribution >= 0.6 is 12.6 Å². The summed E-state index contributed by atoms with van der Waals surface area (Å²) >= 11 is 4.26. The molecule has 1 aromatic rings. The Bertz CT molecular complexity index is 415. The Labute approximate surface area is 122 Å². The van der Waals surface area contributed by atoms with E-state index in [1.807, 2.05) is 19.1 Å². The molecule has 0 saturated heterocycles. The van der Waals surface area contributed by atoms with Crippen LogP contribution in [0.5, 0.6) is 0 Å². The molecule has 0 radical (unpaired) electrons. The van der Waals surface area contributed by atoms with E-state index in [9.17, 15) is 4.79 Å². The monoisotopic (exact) mass is 280 g/mol. The van der Waals surface area contributed by atoms with Gasteiger partial charge in [-0.1, -0.05) is 39.2 Å². The van der Waals surface area contributed by atoms with Crippen LogP contribution in [0.1, 0.15) is 55.5 Å². The highest BCUT2D eigenvalue weighted by molar-refractivity contribution is 7.80.